The van der Waals surface area contributed by atoms with Gasteiger partial charge in [-0.3, -0.25) is 11.7 Å². The van der Waals surface area contributed by atoms with Crippen molar-refractivity contribution in [3.05, 3.63) is 11.5 Å². The van der Waals surface area contributed by atoms with E-state index in [1.165, 1.54) is 0 Å². The second kappa shape index (κ2) is 33.5. The van der Waals surface area contributed by atoms with Gasteiger partial charge < -0.3 is 0 Å². The van der Waals surface area contributed by atoms with Crippen molar-refractivity contribution in [2.45, 2.75) is 6.92 Å². The van der Waals surface area contributed by atoms with E-state index in [1.54, 1.807) is 5.41 Å². The first-order chi connectivity index (χ1) is 2.91. The van der Waals surface area contributed by atoms with Crippen LogP contribution >= 0.6 is 25.0 Å². The predicted molar refractivity (Wildman–Crippen MR) is 39.4 cm³/mol. The van der Waals surface area contributed by atoms with Crippen molar-refractivity contribution in [2.75, 3.05) is 0 Å². The summed E-state index contributed by atoms with van der Waals surface area (Å²) in [5.74, 6) is 8.00. The van der Waals surface area contributed by atoms with Crippen LogP contribution in [0.15, 0.2) is 11.5 Å². The van der Waals surface area contributed by atoms with Crippen LogP contribution in [0.3, 0.4) is 0 Å². The molecule has 0 aromatic rings. The smallest absolute Gasteiger partial charge is 0.0367 e. The van der Waals surface area contributed by atoms with Gasteiger partial charge in [0.25, 0.3) is 0 Å². The number of halogens is 1. The van der Waals surface area contributed by atoms with Gasteiger partial charge in [0.15, 0.2) is 0 Å². The van der Waals surface area contributed by atoms with Crippen molar-refractivity contribution < 1.29 is 0 Å². The zero-order chi connectivity index (χ0) is 5.41. The summed E-state index contributed by atoms with van der Waals surface area (Å²) in [4.78, 5) is 0. The van der Waals surface area contributed by atoms with Crippen LogP contribution in [0.2, 0.25) is 0 Å². The highest BCUT2D eigenvalue weighted by atomic mass is 35.5. The molecule has 0 spiro atoms. The first-order valence-corrected chi connectivity index (χ1v) is 2.02. The first kappa shape index (κ1) is 15.7. The Kier molecular flexibility index (Phi) is 74.9. The molecule has 0 heterocycles. The van der Waals surface area contributed by atoms with Crippen LogP contribution < -0.4 is 11.7 Å². The van der Waals surface area contributed by atoms with Crippen LogP contribution in [0, 0.1) is 0 Å². The second-order valence-electron chi connectivity index (χ2n) is 0.482. The van der Waals surface area contributed by atoms with Gasteiger partial charge in [0.2, 0.25) is 0 Å². The Morgan fingerprint density at radius 2 is 1.57 bits per heavy atom. The summed E-state index contributed by atoms with van der Waals surface area (Å²) >= 11 is 3.74. The number of hydrazine groups is 1. The largest absolute Gasteiger partial charge is 0.274 e. The molecule has 0 aliphatic heterocycles. The lowest BCUT2D eigenvalue weighted by Crippen LogP contribution is -2.02. The second-order valence-corrected chi connectivity index (χ2v) is 0.781. The number of allylic oxidation sites excluding steroid dienone is 1. The molecule has 0 aromatic carbocycles. The molecule has 4 N–H and O–H groups in total. The zero-order valence-electron chi connectivity index (χ0n) is 4.16. The van der Waals surface area contributed by atoms with E-state index < -0.39 is 0 Å². The summed E-state index contributed by atoms with van der Waals surface area (Å²) in [6, 6.07) is 0. The van der Waals surface area contributed by atoms with Crippen molar-refractivity contribution in [3.63, 3.8) is 0 Å². The fraction of sp³-hybridized carbons (Fsp3) is 0.333. The highest BCUT2D eigenvalue weighted by Gasteiger charge is 1.34. The fourth-order valence-corrected chi connectivity index (χ4v) is 0. The molecule has 0 atom stereocenters. The van der Waals surface area contributed by atoms with E-state index in [2.05, 4.69) is 24.3 Å². The third-order valence-corrected chi connectivity index (χ3v) is 0.447. The summed E-state index contributed by atoms with van der Waals surface area (Å²) in [5, 5.41) is 1.69. The minimum atomic E-state index is 0. The Morgan fingerprint density at radius 1 is 1.43 bits per heavy atom. The molecule has 0 unspecified atom stereocenters. The van der Waals surface area contributed by atoms with Crippen LogP contribution in [0.5, 0.6) is 0 Å². The maximum absolute atomic E-state index is 4.00. The van der Waals surface area contributed by atoms with Crippen LogP contribution in [-0.4, -0.2) is 0 Å². The van der Waals surface area contributed by atoms with E-state index >= 15 is 0 Å². The normalized spacial score (nSPS) is 6.29. The molecule has 0 amide bonds. The minimum Gasteiger partial charge on any atom is -0.274 e. The van der Waals surface area contributed by atoms with Crippen LogP contribution in [0.1, 0.15) is 6.92 Å². The van der Waals surface area contributed by atoms with E-state index in [9.17, 15) is 0 Å². The Balaban J connectivity index is -0.0000000480. The summed E-state index contributed by atoms with van der Waals surface area (Å²) in [6.45, 7) is 1.92. The molecular formula is C3H11ClN2S. The highest BCUT2D eigenvalue weighted by molar-refractivity contribution is 7.83. The molecule has 7 heavy (non-hydrogen) atoms. The third-order valence-electron chi connectivity index (χ3n) is 0.149. The predicted octanol–water partition coefficient (Wildman–Crippen LogP) is 0.690. The number of hydrogen-bond acceptors (Lipinski definition) is 3. The van der Waals surface area contributed by atoms with Gasteiger partial charge in [-0.1, -0.05) is 6.08 Å². The first-order valence-electron chi connectivity index (χ1n) is 1.50. The SMILES string of the molecule is CC=CS.Cl.NN. The molecule has 0 saturated carbocycles. The molecule has 2 nitrogen and oxygen atoms in total. The van der Waals surface area contributed by atoms with E-state index in [0.717, 1.165) is 0 Å². The van der Waals surface area contributed by atoms with Gasteiger partial charge in [0.05, 0.1) is 0 Å². The summed E-state index contributed by atoms with van der Waals surface area (Å²) in [6.07, 6.45) is 1.86. The van der Waals surface area contributed by atoms with Gasteiger partial charge in [0, 0.05) is 0 Å². The molecule has 0 fully saturated rings. The van der Waals surface area contributed by atoms with Crippen molar-refractivity contribution in [3.8, 4) is 0 Å². The molecule has 0 bridgehead atoms. The Morgan fingerprint density at radius 3 is 1.57 bits per heavy atom. The Hall–Kier alpha value is 0.300. The summed E-state index contributed by atoms with van der Waals surface area (Å²) in [5.41, 5.74) is 0. The molecule has 0 aliphatic carbocycles. The lowest BCUT2D eigenvalue weighted by atomic mass is 10.8. The topological polar surface area (TPSA) is 52.0 Å². The van der Waals surface area contributed by atoms with Crippen molar-refractivity contribution >= 4 is 25.0 Å². The molecule has 0 saturated heterocycles. The highest BCUT2D eigenvalue weighted by Crippen LogP contribution is 1.69. The molecule has 0 rings (SSSR count). The van der Waals surface area contributed by atoms with Gasteiger partial charge in [-0.05, 0) is 12.3 Å². The lowest BCUT2D eigenvalue weighted by molar-refractivity contribution is 1.26. The monoisotopic (exact) mass is 142 g/mol. The van der Waals surface area contributed by atoms with Gasteiger partial charge in [-0.25, -0.2) is 0 Å². The molecule has 4 heteroatoms. The van der Waals surface area contributed by atoms with Crippen molar-refractivity contribution in [1.82, 2.24) is 0 Å². The van der Waals surface area contributed by atoms with Crippen molar-refractivity contribution in [1.29, 1.82) is 0 Å². The number of hydrogen-bond donors (Lipinski definition) is 3. The standard InChI is InChI=1S/C3H6S.ClH.H4N2/c1-2-3-4;;1-2/h2-4H,1H3;1H;1-2H2. The van der Waals surface area contributed by atoms with Crippen LogP contribution in [-0.2, 0) is 0 Å². The number of rotatable bonds is 0. The molecule has 0 aliphatic rings. The van der Waals surface area contributed by atoms with E-state index in [-0.39, 0.29) is 12.4 Å². The summed E-state index contributed by atoms with van der Waals surface area (Å²) < 4.78 is 0. The zero-order valence-corrected chi connectivity index (χ0v) is 5.88. The van der Waals surface area contributed by atoms with E-state index in [0.29, 0.717) is 0 Å². The molecular weight excluding hydrogens is 132 g/mol. The van der Waals surface area contributed by atoms with E-state index in [4.69, 9.17) is 0 Å². The van der Waals surface area contributed by atoms with Crippen LogP contribution in [0.4, 0.5) is 0 Å². The molecule has 46 valence electrons. The molecule has 0 aromatic heterocycles. The quantitative estimate of drug-likeness (QED) is 0.265. The molecule has 0 radical (unpaired) electrons. The van der Waals surface area contributed by atoms with Gasteiger partial charge in [-0.2, -0.15) is 12.6 Å². The Labute approximate surface area is 55.7 Å². The number of thiol groups is 1. The average molecular weight is 143 g/mol. The number of nitrogens with two attached hydrogens (primary N) is 2. The fourth-order valence-electron chi connectivity index (χ4n) is 0. The maximum Gasteiger partial charge on any atom is -0.0367 e. The van der Waals surface area contributed by atoms with Gasteiger partial charge in [-0.15, -0.1) is 12.4 Å². The average Bonchev–Trinajstić information content (AvgIpc) is 1.72. The van der Waals surface area contributed by atoms with Gasteiger partial charge >= 0.3 is 0 Å². The lowest BCUT2D eigenvalue weighted by Gasteiger charge is -1.49. The van der Waals surface area contributed by atoms with Crippen molar-refractivity contribution in [2.24, 2.45) is 11.7 Å². The van der Waals surface area contributed by atoms with Crippen LogP contribution in [0.25, 0.3) is 0 Å². The van der Waals surface area contributed by atoms with E-state index in [1.807, 2.05) is 13.0 Å². The maximum atomic E-state index is 4.00. The Bertz CT molecular complexity index is 28.1. The van der Waals surface area contributed by atoms with Gasteiger partial charge in [0.1, 0.15) is 0 Å². The summed E-state index contributed by atoms with van der Waals surface area (Å²) in [7, 11) is 0. The third kappa shape index (κ3) is 68.9. The minimum absolute atomic E-state index is 0.